The number of carbonyl (C=O) groups excluding carboxylic acids is 3. The maximum absolute atomic E-state index is 13.6. The average Bonchev–Trinajstić information content (AvgIpc) is 2.72. The van der Waals surface area contributed by atoms with Crippen molar-refractivity contribution in [3.05, 3.63) is 65.2 Å². The van der Waals surface area contributed by atoms with E-state index in [1.54, 1.807) is 27.7 Å². The van der Waals surface area contributed by atoms with Crippen LogP contribution in [0, 0.1) is 13.8 Å². The highest BCUT2D eigenvalue weighted by molar-refractivity contribution is 5.99. The SMILES string of the molecule is Cc1ccc(C(C(=O)Nc2ccccc2C)N(C(=O)C(C)NC(=O)OC(C)(C)C)C(C)C)cc1. The molecule has 0 bridgehead atoms. The van der Waals surface area contributed by atoms with E-state index in [9.17, 15) is 14.4 Å². The summed E-state index contributed by atoms with van der Waals surface area (Å²) in [6, 6.07) is 12.9. The largest absolute Gasteiger partial charge is 0.444 e. The van der Waals surface area contributed by atoms with Crippen LogP contribution in [0.15, 0.2) is 48.5 Å². The molecule has 2 N–H and O–H groups in total. The number of carbonyl (C=O) groups is 3. The average molecular weight is 468 g/mol. The first-order valence-corrected chi connectivity index (χ1v) is 11.5. The Bertz CT molecular complexity index is 1010. The van der Waals surface area contributed by atoms with Gasteiger partial charge in [-0.2, -0.15) is 0 Å². The molecule has 0 aromatic heterocycles. The number of anilines is 1. The van der Waals surface area contributed by atoms with Gasteiger partial charge < -0.3 is 20.3 Å². The topological polar surface area (TPSA) is 87.7 Å². The van der Waals surface area contributed by atoms with Gasteiger partial charge in [0.05, 0.1) is 0 Å². The summed E-state index contributed by atoms with van der Waals surface area (Å²) >= 11 is 0. The molecule has 0 aliphatic heterocycles. The standard InChI is InChI=1S/C27H37N3O4/c1-17(2)30(25(32)20(5)28-26(33)34-27(6,7)8)23(21-15-13-18(3)14-16-21)24(31)29-22-12-10-9-11-19(22)4/h9-17,20,23H,1-8H3,(H,28,33)(H,29,31). The minimum atomic E-state index is -0.893. The molecule has 0 saturated heterocycles. The van der Waals surface area contributed by atoms with Gasteiger partial charge in [0.1, 0.15) is 17.7 Å². The van der Waals surface area contributed by atoms with Gasteiger partial charge in [-0.1, -0.05) is 48.0 Å². The number of nitrogens with zero attached hydrogens (tertiary/aromatic N) is 1. The van der Waals surface area contributed by atoms with Crippen LogP contribution in [0.25, 0.3) is 0 Å². The minimum absolute atomic E-state index is 0.315. The van der Waals surface area contributed by atoms with Crippen molar-refractivity contribution in [1.29, 1.82) is 0 Å². The summed E-state index contributed by atoms with van der Waals surface area (Å²) < 4.78 is 5.30. The van der Waals surface area contributed by atoms with Crippen molar-refractivity contribution < 1.29 is 19.1 Å². The molecule has 0 aliphatic rings. The lowest BCUT2D eigenvalue weighted by Gasteiger charge is -2.36. The molecule has 2 aromatic rings. The second kappa shape index (κ2) is 11.2. The molecule has 2 unspecified atom stereocenters. The molecular formula is C27H37N3O4. The van der Waals surface area contributed by atoms with E-state index >= 15 is 0 Å². The first-order chi connectivity index (χ1) is 15.8. The first-order valence-electron chi connectivity index (χ1n) is 11.5. The molecule has 3 amide bonds. The predicted molar refractivity (Wildman–Crippen MR) is 135 cm³/mol. The summed E-state index contributed by atoms with van der Waals surface area (Å²) in [6.07, 6.45) is -0.687. The van der Waals surface area contributed by atoms with Gasteiger partial charge in [0, 0.05) is 11.7 Å². The third-order valence-corrected chi connectivity index (χ3v) is 5.24. The molecule has 7 nitrogen and oxygen atoms in total. The smallest absolute Gasteiger partial charge is 0.408 e. The Morgan fingerprint density at radius 3 is 2.03 bits per heavy atom. The van der Waals surface area contributed by atoms with Crippen molar-refractivity contribution in [3.63, 3.8) is 0 Å². The minimum Gasteiger partial charge on any atom is -0.444 e. The lowest BCUT2D eigenvalue weighted by molar-refractivity contribution is -0.142. The van der Waals surface area contributed by atoms with E-state index < -0.39 is 23.8 Å². The number of ether oxygens (including phenoxy) is 1. The number of hydrogen-bond donors (Lipinski definition) is 2. The van der Waals surface area contributed by atoms with Crippen LogP contribution >= 0.6 is 0 Å². The van der Waals surface area contributed by atoms with Gasteiger partial charge in [0.15, 0.2) is 0 Å². The molecule has 0 heterocycles. The van der Waals surface area contributed by atoms with Crippen molar-refractivity contribution in [3.8, 4) is 0 Å². The number of amides is 3. The number of rotatable bonds is 7. The quantitative estimate of drug-likeness (QED) is 0.591. The van der Waals surface area contributed by atoms with Gasteiger partial charge in [-0.05, 0) is 72.6 Å². The number of nitrogens with one attached hydrogen (secondary N) is 2. The van der Waals surface area contributed by atoms with Crippen LogP contribution in [-0.2, 0) is 14.3 Å². The molecule has 184 valence electrons. The van der Waals surface area contributed by atoms with Crippen LogP contribution in [0.3, 0.4) is 0 Å². The third kappa shape index (κ3) is 7.33. The summed E-state index contributed by atoms with van der Waals surface area (Å²) in [4.78, 5) is 41.0. The predicted octanol–water partition coefficient (Wildman–Crippen LogP) is 5.13. The zero-order chi connectivity index (χ0) is 25.6. The van der Waals surface area contributed by atoms with Gasteiger partial charge in [-0.15, -0.1) is 0 Å². The van der Waals surface area contributed by atoms with Crippen molar-refractivity contribution >= 4 is 23.6 Å². The monoisotopic (exact) mass is 467 g/mol. The maximum Gasteiger partial charge on any atom is 0.408 e. The molecule has 0 aliphatic carbocycles. The zero-order valence-corrected chi connectivity index (χ0v) is 21.4. The Hall–Kier alpha value is -3.35. The number of para-hydroxylation sites is 1. The Morgan fingerprint density at radius 1 is 0.912 bits per heavy atom. The number of hydrogen-bond acceptors (Lipinski definition) is 4. The first kappa shape index (κ1) is 26.9. The normalized spacial score (nSPS) is 13.1. The van der Waals surface area contributed by atoms with Crippen LogP contribution in [-0.4, -0.2) is 40.5 Å². The van der Waals surface area contributed by atoms with Gasteiger partial charge in [0.2, 0.25) is 5.91 Å². The van der Waals surface area contributed by atoms with Crippen LogP contribution < -0.4 is 10.6 Å². The van der Waals surface area contributed by atoms with Gasteiger partial charge in [-0.3, -0.25) is 9.59 Å². The van der Waals surface area contributed by atoms with Crippen molar-refractivity contribution in [2.75, 3.05) is 5.32 Å². The van der Waals surface area contributed by atoms with E-state index in [1.165, 1.54) is 4.90 Å². The second-order valence-electron chi connectivity index (χ2n) is 9.82. The van der Waals surface area contributed by atoms with Gasteiger partial charge in [-0.25, -0.2) is 4.79 Å². The van der Waals surface area contributed by atoms with E-state index in [-0.39, 0.29) is 17.9 Å². The molecule has 34 heavy (non-hydrogen) atoms. The van der Waals surface area contributed by atoms with E-state index in [0.717, 1.165) is 11.1 Å². The molecule has 7 heteroatoms. The molecule has 0 spiro atoms. The van der Waals surface area contributed by atoms with Crippen LogP contribution in [0.4, 0.5) is 10.5 Å². The van der Waals surface area contributed by atoms with E-state index in [1.807, 2.05) is 76.2 Å². The van der Waals surface area contributed by atoms with E-state index in [4.69, 9.17) is 4.74 Å². The fraction of sp³-hybridized carbons (Fsp3) is 0.444. The van der Waals surface area contributed by atoms with Crippen LogP contribution in [0.2, 0.25) is 0 Å². The fourth-order valence-electron chi connectivity index (χ4n) is 3.55. The Morgan fingerprint density at radius 2 is 1.50 bits per heavy atom. The van der Waals surface area contributed by atoms with Crippen molar-refractivity contribution in [2.24, 2.45) is 0 Å². The highest BCUT2D eigenvalue weighted by Crippen LogP contribution is 2.27. The highest BCUT2D eigenvalue weighted by Gasteiger charge is 2.36. The number of aryl methyl sites for hydroxylation is 2. The molecule has 2 atom stereocenters. The molecule has 0 radical (unpaired) electrons. The summed E-state index contributed by atoms with van der Waals surface area (Å²) in [6.45, 7) is 14.4. The summed E-state index contributed by atoms with van der Waals surface area (Å²) in [5.41, 5.74) is 2.64. The molecule has 0 saturated carbocycles. The van der Waals surface area contributed by atoms with Crippen LogP contribution in [0.1, 0.15) is 64.3 Å². The molecule has 2 rings (SSSR count). The summed E-state index contributed by atoms with van der Waals surface area (Å²) in [5, 5.41) is 5.58. The Labute approximate surface area is 202 Å². The van der Waals surface area contributed by atoms with E-state index in [2.05, 4.69) is 10.6 Å². The molecular weight excluding hydrogens is 430 g/mol. The van der Waals surface area contributed by atoms with Crippen molar-refractivity contribution in [2.45, 2.75) is 79.1 Å². The number of alkyl carbamates (subject to hydrolysis) is 1. The van der Waals surface area contributed by atoms with Gasteiger partial charge >= 0.3 is 6.09 Å². The lowest BCUT2D eigenvalue weighted by Crippen LogP contribution is -2.53. The summed E-state index contributed by atoms with van der Waals surface area (Å²) in [7, 11) is 0. The number of benzene rings is 2. The summed E-state index contributed by atoms with van der Waals surface area (Å²) in [5.74, 6) is -0.712. The third-order valence-electron chi connectivity index (χ3n) is 5.24. The maximum atomic E-state index is 13.6. The van der Waals surface area contributed by atoms with Crippen LogP contribution in [0.5, 0.6) is 0 Å². The van der Waals surface area contributed by atoms with Crippen molar-refractivity contribution in [1.82, 2.24) is 10.2 Å². The fourth-order valence-corrected chi connectivity index (χ4v) is 3.55. The highest BCUT2D eigenvalue weighted by atomic mass is 16.6. The zero-order valence-electron chi connectivity index (χ0n) is 21.4. The van der Waals surface area contributed by atoms with E-state index in [0.29, 0.717) is 11.3 Å². The second-order valence-corrected chi connectivity index (χ2v) is 9.82. The molecule has 2 aromatic carbocycles. The Kier molecular flexibility index (Phi) is 8.85. The lowest BCUT2D eigenvalue weighted by atomic mass is 10.00. The van der Waals surface area contributed by atoms with Gasteiger partial charge in [0.25, 0.3) is 5.91 Å². The Balaban J connectivity index is 2.40. The molecule has 0 fully saturated rings.